The van der Waals surface area contributed by atoms with E-state index < -0.39 is 157 Å². The van der Waals surface area contributed by atoms with Gasteiger partial charge in [-0.15, -0.1) is 0 Å². The number of rotatable bonds is 7. The van der Waals surface area contributed by atoms with Crippen molar-refractivity contribution >= 4 is 11.9 Å². The van der Waals surface area contributed by atoms with Gasteiger partial charge in [-0.3, -0.25) is 0 Å². The van der Waals surface area contributed by atoms with Crippen molar-refractivity contribution in [3.8, 4) is 97.7 Å². The molecule has 6 aromatic carbocycles. The van der Waals surface area contributed by atoms with Crippen LogP contribution in [0.4, 0.5) is 0 Å². The first kappa shape index (κ1) is 42.5. The molecule has 0 bridgehead atoms. The lowest BCUT2D eigenvalue weighted by Crippen LogP contribution is -2.40. The summed E-state index contributed by atoms with van der Waals surface area (Å²) in [5, 5.41) is 159. The third-order valence-corrected chi connectivity index (χ3v) is 10.9. The Bertz CT molecular complexity index is 2920. The standard InChI is InChI=1S/C44H34O21/c45-17-10-24(50)32-30(11-17)62-40(14-1-3-20(46)23(49)5-14)42(65-44(61)18-2-4-21(47)38(59)35(18)56)34(32)33-25(51)13-22(48)19-12-31(63-43(60)16-8-28(54)37(58)29(55)9-16)39(64-41(19)33)15-6-26(52)36(57)27(53)7-15/h1-11,13,31,34,39-40,42,45-59H,12H2. The Labute approximate surface area is 362 Å². The van der Waals surface area contributed by atoms with Crippen LogP contribution < -0.4 is 9.47 Å². The average molecular weight is 899 g/mol. The summed E-state index contributed by atoms with van der Waals surface area (Å²) in [6.07, 6.45) is -7.49. The van der Waals surface area contributed by atoms with Gasteiger partial charge in [-0.1, -0.05) is 6.07 Å². The Morgan fingerprint density at radius 3 is 1.72 bits per heavy atom. The van der Waals surface area contributed by atoms with E-state index in [2.05, 4.69) is 0 Å². The number of phenols is 15. The van der Waals surface area contributed by atoms with E-state index in [-0.39, 0.29) is 28.0 Å². The van der Waals surface area contributed by atoms with Crippen molar-refractivity contribution in [1.29, 1.82) is 0 Å². The Hall–Kier alpha value is -9.14. The third-order valence-electron chi connectivity index (χ3n) is 10.9. The molecule has 8 rings (SSSR count). The van der Waals surface area contributed by atoms with Gasteiger partial charge < -0.3 is 95.5 Å². The van der Waals surface area contributed by atoms with Gasteiger partial charge in [0.2, 0.25) is 5.75 Å². The van der Waals surface area contributed by atoms with Gasteiger partial charge in [-0.2, -0.15) is 0 Å². The zero-order chi connectivity index (χ0) is 46.9. The van der Waals surface area contributed by atoms with Gasteiger partial charge in [-0.05, 0) is 48.5 Å². The van der Waals surface area contributed by atoms with Gasteiger partial charge in [0.25, 0.3) is 0 Å². The van der Waals surface area contributed by atoms with Crippen LogP contribution in [0.15, 0.2) is 72.8 Å². The minimum atomic E-state index is -1.92. The van der Waals surface area contributed by atoms with Crippen molar-refractivity contribution < 1.29 is 105 Å². The molecular formula is C44H34O21. The lowest BCUT2D eigenvalue weighted by atomic mass is 9.77. The van der Waals surface area contributed by atoms with Gasteiger partial charge in [0.05, 0.1) is 11.5 Å². The first-order valence-corrected chi connectivity index (χ1v) is 18.9. The van der Waals surface area contributed by atoms with Crippen LogP contribution in [0.25, 0.3) is 0 Å². The Morgan fingerprint density at radius 1 is 0.477 bits per heavy atom. The molecule has 21 heteroatoms. The van der Waals surface area contributed by atoms with Crippen molar-refractivity contribution in [1.82, 2.24) is 0 Å². The van der Waals surface area contributed by atoms with Crippen molar-refractivity contribution in [3.63, 3.8) is 0 Å². The average Bonchev–Trinajstić information content (AvgIpc) is 3.24. The number of carbonyl (C=O) groups is 2. The smallest absolute Gasteiger partial charge is 0.342 e. The molecule has 0 amide bonds. The molecule has 6 aromatic rings. The molecule has 0 aliphatic carbocycles. The summed E-state index contributed by atoms with van der Waals surface area (Å²) >= 11 is 0. The molecule has 2 aliphatic heterocycles. The van der Waals surface area contributed by atoms with E-state index >= 15 is 0 Å². The maximum Gasteiger partial charge on any atom is 0.342 e. The summed E-state index contributed by atoms with van der Waals surface area (Å²) in [5.74, 6) is -18.1. The van der Waals surface area contributed by atoms with Crippen LogP contribution in [0.2, 0.25) is 0 Å². The second-order valence-corrected chi connectivity index (χ2v) is 14.9. The van der Waals surface area contributed by atoms with Crippen LogP contribution in [0.3, 0.4) is 0 Å². The van der Waals surface area contributed by atoms with E-state index in [1.807, 2.05) is 0 Å². The lowest BCUT2D eigenvalue weighted by molar-refractivity contribution is -0.0304. The molecule has 65 heavy (non-hydrogen) atoms. The van der Waals surface area contributed by atoms with E-state index in [1.54, 1.807) is 0 Å². The van der Waals surface area contributed by atoms with Crippen LogP contribution >= 0.6 is 0 Å². The fraction of sp³-hybridized carbons (Fsp3) is 0.136. The van der Waals surface area contributed by atoms with Crippen molar-refractivity contribution in [2.24, 2.45) is 0 Å². The van der Waals surface area contributed by atoms with E-state index in [1.165, 1.54) is 6.07 Å². The molecule has 21 nitrogen and oxygen atoms in total. The van der Waals surface area contributed by atoms with E-state index in [0.717, 1.165) is 66.7 Å². The Morgan fingerprint density at radius 2 is 1.08 bits per heavy atom. The van der Waals surface area contributed by atoms with Crippen molar-refractivity contribution in [3.05, 3.63) is 112 Å². The minimum Gasteiger partial charge on any atom is -0.508 e. The highest BCUT2D eigenvalue weighted by Crippen LogP contribution is 2.59. The topological polar surface area (TPSA) is 375 Å². The summed E-state index contributed by atoms with van der Waals surface area (Å²) in [5.41, 5.74) is -2.55. The molecule has 0 fully saturated rings. The maximum atomic E-state index is 14.1. The van der Waals surface area contributed by atoms with Gasteiger partial charge in [0.1, 0.15) is 46.2 Å². The van der Waals surface area contributed by atoms with E-state index in [4.69, 9.17) is 18.9 Å². The highest BCUT2D eigenvalue weighted by molar-refractivity contribution is 5.94. The number of hydrogen-bond donors (Lipinski definition) is 15. The SMILES string of the molecule is O=C(OC1Cc2c(O)cc(O)c(C3c4c(O)cc(O)cc4OC(c4ccc(O)c(O)c4)C3OC(=O)c3ccc(O)c(O)c3O)c2OC1c1cc(O)c(O)c(O)c1)c1cc(O)c(O)c(O)c1. The number of benzene rings is 6. The maximum absolute atomic E-state index is 14.1. The lowest BCUT2D eigenvalue weighted by Gasteiger charge is -2.42. The molecule has 15 N–H and O–H groups in total. The third kappa shape index (κ3) is 7.30. The minimum absolute atomic E-state index is 0.0615. The van der Waals surface area contributed by atoms with Crippen molar-refractivity contribution in [2.45, 2.75) is 36.8 Å². The van der Waals surface area contributed by atoms with E-state index in [0.29, 0.717) is 0 Å². The molecule has 5 atom stereocenters. The molecule has 2 aliphatic rings. The number of hydrogen-bond acceptors (Lipinski definition) is 21. The normalized spacial score (nSPS) is 18.6. The molecule has 0 spiro atoms. The number of fused-ring (bicyclic) bond motifs is 2. The molecule has 0 saturated carbocycles. The van der Waals surface area contributed by atoms with Crippen molar-refractivity contribution in [2.75, 3.05) is 0 Å². The van der Waals surface area contributed by atoms with Crippen LogP contribution in [-0.2, 0) is 15.9 Å². The second kappa shape index (κ2) is 15.6. The number of carbonyl (C=O) groups excluding carboxylic acids is 2. The highest BCUT2D eigenvalue weighted by atomic mass is 16.6. The predicted octanol–water partition coefficient (Wildman–Crippen LogP) is 4.66. The summed E-state index contributed by atoms with van der Waals surface area (Å²) in [7, 11) is 0. The van der Waals surface area contributed by atoms with Crippen LogP contribution in [0.5, 0.6) is 97.7 Å². The van der Waals surface area contributed by atoms with Crippen LogP contribution in [0, 0.1) is 0 Å². The highest BCUT2D eigenvalue weighted by Gasteiger charge is 2.50. The van der Waals surface area contributed by atoms with Crippen LogP contribution in [-0.4, -0.2) is 101 Å². The van der Waals surface area contributed by atoms with Gasteiger partial charge in [0.15, 0.2) is 75.8 Å². The fourth-order valence-electron chi connectivity index (χ4n) is 7.82. The molecule has 0 aromatic heterocycles. The molecular weight excluding hydrogens is 864 g/mol. The van der Waals surface area contributed by atoms with Gasteiger partial charge in [-0.25, -0.2) is 9.59 Å². The largest absolute Gasteiger partial charge is 0.508 e. The number of ether oxygens (including phenoxy) is 4. The predicted molar refractivity (Wildman–Crippen MR) is 214 cm³/mol. The summed E-state index contributed by atoms with van der Waals surface area (Å²) in [6, 6.07) is 11.0. The molecule has 336 valence electrons. The first-order chi connectivity index (χ1) is 30.7. The quantitative estimate of drug-likeness (QED) is 0.0764. The number of aromatic hydroxyl groups is 15. The summed E-state index contributed by atoms with van der Waals surface area (Å²) in [4.78, 5) is 27.7. The first-order valence-electron chi connectivity index (χ1n) is 18.9. The number of esters is 2. The molecule has 0 radical (unpaired) electrons. The second-order valence-electron chi connectivity index (χ2n) is 14.9. The molecule has 5 unspecified atom stereocenters. The van der Waals surface area contributed by atoms with Gasteiger partial charge >= 0.3 is 11.9 Å². The fourth-order valence-corrected chi connectivity index (χ4v) is 7.82. The van der Waals surface area contributed by atoms with Crippen LogP contribution in [0.1, 0.15) is 66.7 Å². The zero-order valence-corrected chi connectivity index (χ0v) is 32.7. The van der Waals surface area contributed by atoms with Gasteiger partial charge in [0, 0.05) is 52.4 Å². The molecule has 2 heterocycles. The Kier molecular flexibility index (Phi) is 10.2. The van der Waals surface area contributed by atoms with E-state index in [9.17, 15) is 86.2 Å². The summed E-state index contributed by atoms with van der Waals surface area (Å²) < 4.78 is 24.4. The zero-order valence-electron chi connectivity index (χ0n) is 32.7. The summed E-state index contributed by atoms with van der Waals surface area (Å²) in [6.45, 7) is 0. The Balaban J connectivity index is 1.36. The number of phenolic OH excluding ortho intramolecular Hbond substituents is 15. The monoisotopic (exact) mass is 898 g/mol. The molecule has 0 saturated heterocycles.